The van der Waals surface area contributed by atoms with Crippen LogP contribution in [0.5, 0.6) is 0 Å². The van der Waals surface area contributed by atoms with Gasteiger partial charge in [-0.05, 0) is 17.7 Å². The highest BCUT2D eigenvalue weighted by molar-refractivity contribution is 5.79. The molecule has 1 amide bonds. The van der Waals surface area contributed by atoms with Crippen LogP contribution in [0, 0.1) is 0 Å². The van der Waals surface area contributed by atoms with Gasteiger partial charge >= 0.3 is 6.09 Å². The molecule has 0 radical (unpaired) electrons. The zero-order valence-electron chi connectivity index (χ0n) is 8.51. The van der Waals surface area contributed by atoms with Crippen molar-refractivity contribution in [3.8, 4) is 0 Å². The Labute approximate surface area is 92.2 Å². The largest absolute Gasteiger partial charge is 0.447 e. The lowest BCUT2D eigenvalue weighted by atomic mass is 10.1. The molecule has 4 heteroatoms. The van der Waals surface area contributed by atoms with Crippen LogP contribution in [-0.4, -0.2) is 17.7 Å². The molecule has 1 aromatic heterocycles. The SMILES string of the molecule is O=C1NC(c2cnc3ccccc3c2)CO1. The summed E-state index contributed by atoms with van der Waals surface area (Å²) < 4.78 is 4.85. The number of aromatic nitrogens is 1. The second-order valence-corrected chi connectivity index (χ2v) is 3.76. The van der Waals surface area contributed by atoms with Gasteiger partial charge in [0.15, 0.2) is 0 Å². The van der Waals surface area contributed by atoms with E-state index in [0.717, 1.165) is 16.5 Å². The Morgan fingerprint density at radius 3 is 3.06 bits per heavy atom. The summed E-state index contributed by atoms with van der Waals surface area (Å²) >= 11 is 0. The fourth-order valence-electron chi connectivity index (χ4n) is 1.84. The number of alkyl carbamates (subject to hydrolysis) is 1. The Kier molecular flexibility index (Phi) is 1.99. The number of fused-ring (bicyclic) bond motifs is 1. The molecule has 1 unspecified atom stereocenters. The van der Waals surface area contributed by atoms with Crippen LogP contribution in [0.3, 0.4) is 0 Å². The number of amides is 1. The summed E-state index contributed by atoms with van der Waals surface area (Å²) in [6, 6.07) is 9.84. The van der Waals surface area contributed by atoms with Gasteiger partial charge in [-0.25, -0.2) is 4.79 Å². The van der Waals surface area contributed by atoms with E-state index in [4.69, 9.17) is 4.74 Å². The first-order chi connectivity index (χ1) is 7.83. The van der Waals surface area contributed by atoms with Crippen LogP contribution in [0.15, 0.2) is 36.5 Å². The highest BCUT2D eigenvalue weighted by atomic mass is 16.6. The van der Waals surface area contributed by atoms with Crippen molar-refractivity contribution in [2.75, 3.05) is 6.61 Å². The van der Waals surface area contributed by atoms with Gasteiger partial charge in [0.2, 0.25) is 0 Å². The zero-order valence-corrected chi connectivity index (χ0v) is 8.51. The number of nitrogens with zero attached hydrogens (tertiary/aromatic N) is 1. The predicted octanol–water partition coefficient (Wildman–Crippen LogP) is 2.02. The lowest BCUT2D eigenvalue weighted by molar-refractivity contribution is 0.177. The van der Waals surface area contributed by atoms with E-state index in [9.17, 15) is 4.79 Å². The molecular weight excluding hydrogens is 204 g/mol. The number of cyclic esters (lactones) is 1. The normalized spacial score (nSPS) is 19.5. The predicted molar refractivity (Wildman–Crippen MR) is 59.0 cm³/mol. The van der Waals surface area contributed by atoms with Crippen LogP contribution < -0.4 is 5.32 Å². The number of ether oxygens (including phenoxy) is 1. The lowest BCUT2D eigenvalue weighted by Crippen LogP contribution is -2.18. The van der Waals surface area contributed by atoms with Crippen molar-refractivity contribution >= 4 is 17.0 Å². The quantitative estimate of drug-likeness (QED) is 0.790. The third-order valence-electron chi connectivity index (χ3n) is 2.69. The van der Waals surface area contributed by atoms with Gasteiger partial charge in [-0.2, -0.15) is 0 Å². The van der Waals surface area contributed by atoms with Gasteiger partial charge in [0.25, 0.3) is 0 Å². The number of carbonyl (C=O) groups is 1. The summed E-state index contributed by atoms with van der Waals surface area (Å²) in [6.45, 7) is 0.374. The van der Waals surface area contributed by atoms with E-state index < -0.39 is 0 Å². The molecule has 1 N–H and O–H groups in total. The van der Waals surface area contributed by atoms with Gasteiger partial charge in [-0.15, -0.1) is 0 Å². The molecule has 1 aliphatic heterocycles. The summed E-state index contributed by atoms with van der Waals surface area (Å²) in [5.74, 6) is 0. The van der Waals surface area contributed by atoms with Gasteiger partial charge in [-0.1, -0.05) is 18.2 Å². The van der Waals surface area contributed by atoms with Crippen molar-refractivity contribution in [2.24, 2.45) is 0 Å². The molecule has 0 aliphatic carbocycles. The van der Waals surface area contributed by atoms with E-state index in [1.807, 2.05) is 30.3 Å². The summed E-state index contributed by atoms with van der Waals surface area (Å²) in [7, 11) is 0. The Balaban J connectivity index is 2.02. The van der Waals surface area contributed by atoms with Crippen LogP contribution in [0.25, 0.3) is 10.9 Å². The first-order valence-electron chi connectivity index (χ1n) is 5.11. The van der Waals surface area contributed by atoms with Crippen LogP contribution in [0.2, 0.25) is 0 Å². The maximum atomic E-state index is 10.9. The van der Waals surface area contributed by atoms with Gasteiger partial charge in [-0.3, -0.25) is 4.98 Å². The first kappa shape index (κ1) is 9.15. The maximum absolute atomic E-state index is 10.9. The van der Waals surface area contributed by atoms with E-state index in [2.05, 4.69) is 10.3 Å². The average Bonchev–Trinajstić information content (AvgIpc) is 2.75. The van der Waals surface area contributed by atoms with Gasteiger partial charge in [0.05, 0.1) is 11.6 Å². The van der Waals surface area contributed by atoms with Crippen molar-refractivity contribution < 1.29 is 9.53 Å². The fourth-order valence-corrected chi connectivity index (χ4v) is 1.84. The molecule has 4 nitrogen and oxygen atoms in total. The molecule has 16 heavy (non-hydrogen) atoms. The Morgan fingerprint density at radius 2 is 2.25 bits per heavy atom. The Hall–Kier alpha value is -2.10. The summed E-state index contributed by atoms with van der Waals surface area (Å²) in [6.07, 6.45) is 1.42. The fraction of sp³-hybridized carbons (Fsp3) is 0.167. The second-order valence-electron chi connectivity index (χ2n) is 3.76. The Morgan fingerprint density at radius 1 is 1.38 bits per heavy atom. The highest BCUT2D eigenvalue weighted by Gasteiger charge is 2.23. The van der Waals surface area contributed by atoms with E-state index in [-0.39, 0.29) is 12.1 Å². The van der Waals surface area contributed by atoms with Gasteiger partial charge in [0, 0.05) is 11.6 Å². The minimum Gasteiger partial charge on any atom is -0.447 e. The molecule has 1 atom stereocenters. The molecule has 0 spiro atoms. The monoisotopic (exact) mass is 214 g/mol. The van der Waals surface area contributed by atoms with Crippen LogP contribution in [0.1, 0.15) is 11.6 Å². The molecule has 1 saturated heterocycles. The third-order valence-corrected chi connectivity index (χ3v) is 2.69. The van der Waals surface area contributed by atoms with Crippen molar-refractivity contribution in [3.63, 3.8) is 0 Å². The molecule has 2 aromatic rings. The van der Waals surface area contributed by atoms with Crippen molar-refractivity contribution in [1.29, 1.82) is 0 Å². The number of benzene rings is 1. The van der Waals surface area contributed by atoms with E-state index in [1.54, 1.807) is 6.20 Å². The molecule has 1 aliphatic rings. The number of carbonyl (C=O) groups excluding carboxylic acids is 1. The molecule has 3 rings (SSSR count). The number of nitrogens with one attached hydrogen (secondary N) is 1. The Bertz CT molecular complexity index is 553. The minimum absolute atomic E-state index is 0.0791. The second kappa shape index (κ2) is 3.48. The third kappa shape index (κ3) is 1.48. The van der Waals surface area contributed by atoms with E-state index >= 15 is 0 Å². The van der Waals surface area contributed by atoms with Crippen molar-refractivity contribution in [1.82, 2.24) is 10.3 Å². The standard InChI is InChI=1S/C12H10N2O2/c15-12-14-11(7-16-12)9-5-8-3-1-2-4-10(8)13-6-9/h1-6,11H,7H2,(H,14,15). The number of rotatable bonds is 1. The smallest absolute Gasteiger partial charge is 0.407 e. The minimum atomic E-state index is -0.363. The maximum Gasteiger partial charge on any atom is 0.407 e. The van der Waals surface area contributed by atoms with Crippen molar-refractivity contribution in [2.45, 2.75) is 6.04 Å². The number of hydrogen-bond donors (Lipinski definition) is 1. The van der Waals surface area contributed by atoms with E-state index in [0.29, 0.717) is 6.61 Å². The molecule has 1 fully saturated rings. The first-order valence-corrected chi connectivity index (χ1v) is 5.11. The topological polar surface area (TPSA) is 51.2 Å². The molecule has 1 aromatic carbocycles. The lowest BCUT2D eigenvalue weighted by Gasteiger charge is -2.07. The zero-order chi connectivity index (χ0) is 11.0. The summed E-state index contributed by atoms with van der Waals surface area (Å²) in [5.41, 5.74) is 1.93. The van der Waals surface area contributed by atoms with Crippen molar-refractivity contribution in [3.05, 3.63) is 42.1 Å². The molecule has 0 bridgehead atoms. The highest BCUT2D eigenvalue weighted by Crippen LogP contribution is 2.21. The number of pyridine rings is 1. The van der Waals surface area contributed by atoms with Gasteiger partial charge < -0.3 is 10.1 Å². The molecule has 0 saturated carbocycles. The van der Waals surface area contributed by atoms with Crippen LogP contribution in [-0.2, 0) is 4.74 Å². The van der Waals surface area contributed by atoms with Crippen LogP contribution >= 0.6 is 0 Å². The molecule has 2 heterocycles. The summed E-state index contributed by atoms with van der Waals surface area (Å²) in [5, 5.41) is 3.80. The van der Waals surface area contributed by atoms with Crippen LogP contribution in [0.4, 0.5) is 4.79 Å². The average molecular weight is 214 g/mol. The molecule has 80 valence electrons. The number of hydrogen-bond acceptors (Lipinski definition) is 3. The number of para-hydroxylation sites is 1. The van der Waals surface area contributed by atoms with Gasteiger partial charge in [0.1, 0.15) is 6.61 Å². The molecular formula is C12H10N2O2. The van der Waals surface area contributed by atoms with E-state index in [1.165, 1.54) is 0 Å². The summed E-state index contributed by atoms with van der Waals surface area (Å²) in [4.78, 5) is 15.3.